The van der Waals surface area contributed by atoms with E-state index in [4.69, 9.17) is 10.2 Å². The van der Waals surface area contributed by atoms with Gasteiger partial charge in [0.05, 0.1) is 13.2 Å². The summed E-state index contributed by atoms with van der Waals surface area (Å²) >= 11 is 0. The van der Waals surface area contributed by atoms with Crippen LogP contribution < -0.4 is 21.3 Å². The summed E-state index contributed by atoms with van der Waals surface area (Å²) in [6.45, 7) is 18.4. The van der Waals surface area contributed by atoms with Gasteiger partial charge in [0.1, 0.15) is 0 Å². The predicted molar refractivity (Wildman–Crippen MR) is 214 cm³/mol. The molecule has 0 spiro atoms. The van der Waals surface area contributed by atoms with E-state index >= 15 is 0 Å². The number of halogens is 6. The monoisotopic (exact) mass is 988 g/mol. The predicted octanol–water partition coefficient (Wildman–Crippen LogP) is 4.70. The Balaban J connectivity index is -0.000000540. The van der Waals surface area contributed by atoms with Gasteiger partial charge in [-0.15, -0.1) is 102 Å². The van der Waals surface area contributed by atoms with Crippen LogP contribution in [0.15, 0.2) is 24.3 Å². The highest BCUT2D eigenvalue weighted by Crippen LogP contribution is 2.11. The molecule has 0 bridgehead atoms. The van der Waals surface area contributed by atoms with Gasteiger partial charge in [-0.05, 0) is 102 Å². The van der Waals surface area contributed by atoms with E-state index in [9.17, 15) is 0 Å². The minimum absolute atomic E-state index is 0. The van der Waals surface area contributed by atoms with Crippen LogP contribution in [0.3, 0.4) is 0 Å². The second-order valence-electron chi connectivity index (χ2n) is 9.44. The quantitative estimate of drug-likeness (QED) is 0.0746. The van der Waals surface area contributed by atoms with Crippen molar-refractivity contribution in [3.63, 3.8) is 0 Å². The second-order valence-corrected chi connectivity index (χ2v) is 9.44. The van der Waals surface area contributed by atoms with E-state index in [-0.39, 0.29) is 115 Å². The smallest absolute Gasteiger partial charge is 0.0555 e. The zero-order valence-corrected chi connectivity index (χ0v) is 36.0. The van der Waals surface area contributed by atoms with Crippen molar-refractivity contribution in [2.24, 2.45) is 0 Å². The van der Waals surface area contributed by atoms with Crippen molar-refractivity contribution >= 4 is 102 Å². The maximum atomic E-state index is 8.95. The number of hydrogen-bond donors (Lipinski definition) is 6. The molecule has 0 heterocycles. The second kappa shape index (κ2) is 42.8. The van der Waals surface area contributed by atoms with Gasteiger partial charge in [-0.3, -0.25) is 9.80 Å². The number of aliphatic hydroxyl groups is 2. The van der Waals surface area contributed by atoms with Gasteiger partial charge in [-0.2, -0.15) is 0 Å². The van der Waals surface area contributed by atoms with Gasteiger partial charge in [-0.1, -0.05) is 38.1 Å². The Bertz CT molecular complexity index is 564. The maximum absolute atomic E-state index is 8.95. The molecule has 42 heavy (non-hydrogen) atoms. The molecule has 1 aromatic carbocycles. The molecule has 1 rings (SSSR count). The SMILES string of the molecule is Br.Br.Br.Br.Br.Br.CCNCCCN(CCCNCCO)Cc1ccc(CN(CCCNCC)CCCNCCO)cc1. The van der Waals surface area contributed by atoms with Crippen molar-refractivity contribution in [1.29, 1.82) is 0 Å². The van der Waals surface area contributed by atoms with Crippen LogP contribution in [0.4, 0.5) is 0 Å². The summed E-state index contributed by atoms with van der Waals surface area (Å²) in [6.07, 6.45) is 4.50. The molecule has 0 aliphatic carbocycles. The Labute approximate surface area is 320 Å². The average Bonchev–Trinajstić information content (AvgIpc) is 2.89. The molecule has 0 saturated carbocycles. The molecule has 0 aliphatic rings. The molecule has 6 N–H and O–H groups in total. The lowest BCUT2D eigenvalue weighted by Crippen LogP contribution is -2.31. The van der Waals surface area contributed by atoms with Crippen LogP contribution >= 0.6 is 102 Å². The molecular formula is C28H62Br6N6O2. The van der Waals surface area contributed by atoms with Crippen LogP contribution in [0.5, 0.6) is 0 Å². The van der Waals surface area contributed by atoms with Crippen LogP contribution in [0.1, 0.15) is 50.7 Å². The summed E-state index contributed by atoms with van der Waals surface area (Å²) < 4.78 is 0. The van der Waals surface area contributed by atoms with Gasteiger partial charge < -0.3 is 31.5 Å². The summed E-state index contributed by atoms with van der Waals surface area (Å²) in [5.41, 5.74) is 2.75. The largest absolute Gasteiger partial charge is 0.395 e. The summed E-state index contributed by atoms with van der Waals surface area (Å²) in [5, 5.41) is 31.4. The lowest BCUT2D eigenvalue weighted by Gasteiger charge is -2.24. The Morgan fingerprint density at radius 2 is 0.762 bits per heavy atom. The first-order chi connectivity index (χ1) is 17.7. The third kappa shape index (κ3) is 33.2. The molecule has 0 saturated heterocycles. The van der Waals surface area contributed by atoms with Crippen LogP contribution in [0.25, 0.3) is 0 Å². The number of nitrogens with one attached hydrogen (secondary N) is 4. The first kappa shape index (κ1) is 56.1. The number of hydrogen-bond acceptors (Lipinski definition) is 8. The van der Waals surface area contributed by atoms with E-state index in [1.54, 1.807) is 0 Å². The summed E-state index contributed by atoms with van der Waals surface area (Å²) in [6, 6.07) is 9.21. The minimum atomic E-state index is 0. The zero-order valence-electron chi connectivity index (χ0n) is 25.7. The zero-order chi connectivity index (χ0) is 26.1. The van der Waals surface area contributed by atoms with Gasteiger partial charge in [0, 0.05) is 26.2 Å². The van der Waals surface area contributed by atoms with Gasteiger partial charge in [-0.25, -0.2) is 0 Å². The molecular weight excluding hydrogens is 932 g/mol. The summed E-state index contributed by atoms with van der Waals surface area (Å²) in [4.78, 5) is 5.11. The van der Waals surface area contributed by atoms with Crippen molar-refractivity contribution in [2.45, 2.75) is 52.6 Å². The van der Waals surface area contributed by atoms with Crippen molar-refractivity contribution in [1.82, 2.24) is 31.1 Å². The molecule has 0 unspecified atom stereocenters. The number of rotatable bonds is 26. The highest BCUT2D eigenvalue weighted by atomic mass is 79.9. The third-order valence-electron chi connectivity index (χ3n) is 6.22. The summed E-state index contributed by atoms with van der Waals surface area (Å²) in [7, 11) is 0. The Morgan fingerprint density at radius 1 is 0.476 bits per heavy atom. The van der Waals surface area contributed by atoms with Crippen molar-refractivity contribution in [3.8, 4) is 0 Å². The van der Waals surface area contributed by atoms with E-state index in [1.807, 2.05) is 0 Å². The van der Waals surface area contributed by atoms with E-state index in [1.165, 1.54) is 11.1 Å². The van der Waals surface area contributed by atoms with Crippen LogP contribution in [0, 0.1) is 0 Å². The van der Waals surface area contributed by atoms with E-state index < -0.39 is 0 Å². The van der Waals surface area contributed by atoms with E-state index in [0.29, 0.717) is 13.1 Å². The Morgan fingerprint density at radius 3 is 1.02 bits per heavy atom. The van der Waals surface area contributed by atoms with Crippen LogP contribution in [-0.4, -0.2) is 112 Å². The van der Waals surface area contributed by atoms with Crippen LogP contribution in [0.2, 0.25) is 0 Å². The fourth-order valence-corrected chi connectivity index (χ4v) is 4.28. The van der Waals surface area contributed by atoms with Crippen molar-refractivity contribution in [2.75, 3.05) is 91.8 Å². The molecule has 14 heteroatoms. The molecule has 1 aromatic rings. The Hall–Kier alpha value is 1.78. The molecule has 0 radical (unpaired) electrons. The molecule has 0 amide bonds. The number of aliphatic hydroxyl groups excluding tert-OH is 2. The maximum Gasteiger partial charge on any atom is 0.0555 e. The molecule has 8 nitrogen and oxygen atoms in total. The minimum Gasteiger partial charge on any atom is -0.395 e. The topological polar surface area (TPSA) is 95.1 Å². The molecule has 258 valence electrons. The van der Waals surface area contributed by atoms with Gasteiger partial charge in [0.15, 0.2) is 0 Å². The number of nitrogens with zero attached hydrogens (tertiary/aromatic N) is 2. The summed E-state index contributed by atoms with van der Waals surface area (Å²) in [5.74, 6) is 0. The Kier molecular flexibility index (Phi) is 57.2. The number of benzene rings is 1. The van der Waals surface area contributed by atoms with Crippen molar-refractivity contribution in [3.05, 3.63) is 35.4 Å². The highest BCUT2D eigenvalue weighted by Gasteiger charge is 2.09. The highest BCUT2D eigenvalue weighted by molar-refractivity contribution is 8.93. The van der Waals surface area contributed by atoms with Gasteiger partial charge in [0.2, 0.25) is 0 Å². The molecule has 0 atom stereocenters. The average molecular weight is 994 g/mol. The lowest BCUT2D eigenvalue weighted by atomic mass is 10.1. The normalized spacial score (nSPS) is 10.0. The molecule has 0 aliphatic heterocycles. The molecule has 0 fully saturated rings. The van der Waals surface area contributed by atoms with Crippen molar-refractivity contribution < 1.29 is 10.2 Å². The standard InChI is InChI=1S/C28H56N6O2.6BrH/c1-3-29-13-5-19-33(21-7-15-31-17-23-35)25-27-9-11-28(12-10-27)26-34(20-6-14-30-4-2)22-8-16-32-18-24-36;;;;;;/h9-12,29-32,35-36H,3-8,13-26H2,1-2H3;6*1H. The van der Waals surface area contributed by atoms with E-state index in [0.717, 1.165) is 104 Å². The third-order valence-corrected chi connectivity index (χ3v) is 6.22. The fourth-order valence-electron chi connectivity index (χ4n) is 4.28. The molecule has 0 aromatic heterocycles. The van der Waals surface area contributed by atoms with Crippen LogP contribution in [-0.2, 0) is 13.1 Å². The fraction of sp³-hybridized carbons (Fsp3) is 0.786. The van der Waals surface area contributed by atoms with E-state index in [2.05, 4.69) is 69.2 Å². The lowest BCUT2D eigenvalue weighted by molar-refractivity contribution is 0.251. The van der Waals surface area contributed by atoms with Gasteiger partial charge >= 0.3 is 0 Å². The first-order valence-corrected chi connectivity index (χ1v) is 14.3. The first-order valence-electron chi connectivity index (χ1n) is 14.3. The van der Waals surface area contributed by atoms with Gasteiger partial charge in [0.25, 0.3) is 0 Å².